The van der Waals surface area contributed by atoms with Crippen LogP contribution in [0.5, 0.6) is 0 Å². The zero-order valence-electron chi connectivity index (χ0n) is 17.9. The van der Waals surface area contributed by atoms with E-state index in [-0.39, 0.29) is 11.8 Å². The van der Waals surface area contributed by atoms with E-state index in [2.05, 4.69) is 15.3 Å². The van der Waals surface area contributed by atoms with E-state index in [0.717, 1.165) is 39.7 Å². The molecule has 1 aliphatic rings. The van der Waals surface area contributed by atoms with Crippen LogP contribution in [0.4, 0.5) is 0 Å². The fourth-order valence-corrected chi connectivity index (χ4v) is 4.99. The van der Waals surface area contributed by atoms with Crippen LogP contribution in [0.2, 0.25) is 0 Å². The fraction of sp³-hybridized carbons (Fsp3) is 0.240. The minimum atomic E-state index is 0.00715. The molecule has 32 heavy (non-hydrogen) atoms. The summed E-state index contributed by atoms with van der Waals surface area (Å²) < 4.78 is 0. The highest BCUT2D eigenvalue weighted by Crippen LogP contribution is 2.26. The highest BCUT2D eigenvalue weighted by Gasteiger charge is 2.25. The summed E-state index contributed by atoms with van der Waals surface area (Å²) in [4.78, 5) is 35.1. The number of thiophene rings is 1. The summed E-state index contributed by atoms with van der Waals surface area (Å²) in [6.07, 6.45) is 4.89. The van der Waals surface area contributed by atoms with Crippen molar-refractivity contribution >= 4 is 34.1 Å². The van der Waals surface area contributed by atoms with Gasteiger partial charge in [0.25, 0.3) is 5.91 Å². The second kappa shape index (κ2) is 8.59. The molecule has 2 amide bonds. The third-order valence-corrected chi connectivity index (χ3v) is 6.82. The zero-order chi connectivity index (χ0) is 22.1. The number of carbonyl (C=O) groups is 2. The molecule has 6 nitrogen and oxygen atoms in total. The number of amides is 2. The SMILES string of the molecule is Cc1ncc2c(c1CNC(=O)Cc1ccsc1)CCN(C(=O)c1ccc3cc[nH]c3c1)C2. The molecular formula is C25H24N4O2S. The van der Waals surface area contributed by atoms with Gasteiger partial charge in [-0.05, 0) is 76.0 Å². The molecule has 0 saturated carbocycles. The molecule has 0 fully saturated rings. The molecule has 4 aromatic rings. The van der Waals surface area contributed by atoms with Gasteiger partial charge in [0.05, 0.1) is 6.42 Å². The molecule has 162 valence electrons. The van der Waals surface area contributed by atoms with Crippen LogP contribution >= 0.6 is 11.3 Å². The minimum absolute atomic E-state index is 0.00715. The molecule has 0 bridgehead atoms. The first-order valence-electron chi connectivity index (χ1n) is 10.7. The lowest BCUT2D eigenvalue weighted by atomic mass is 9.94. The molecule has 1 aromatic carbocycles. The maximum absolute atomic E-state index is 13.1. The lowest BCUT2D eigenvalue weighted by Gasteiger charge is -2.30. The minimum Gasteiger partial charge on any atom is -0.361 e. The molecule has 1 aliphatic heterocycles. The molecule has 5 rings (SSSR count). The van der Waals surface area contributed by atoms with Crippen molar-refractivity contribution in [1.29, 1.82) is 0 Å². The van der Waals surface area contributed by atoms with Crippen LogP contribution in [-0.4, -0.2) is 33.2 Å². The van der Waals surface area contributed by atoms with E-state index in [1.807, 2.05) is 65.3 Å². The molecule has 0 spiro atoms. The van der Waals surface area contributed by atoms with Gasteiger partial charge in [0, 0.05) is 48.8 Å². The monoisotopic (exact) mass is 444 g/mol. The molecule has 0 radical (unpaired) electrons. The maximum Gasteiger partial charge on any atom is 0.254 e. The number of nitrogens with one attached hydrogen (secondary N) is 2. The highest BCUT2D eigenvalue weighted by molar-refractivity contribution is 7.08. The number of H-pyrrole nitrogens is 1. The largest absolute Gasteiger partial charge is 0.361 e. The van der Waals surface area contributed by atoms with E-state index in [1.165, 1.54) is 5.56 Å². The standard InChI is InChI=1S/C25H24N4O2S/c1-16-22(13-28-24(30)10-17-6-9-32-15-17)21-5-8-29(14-20(21)12-27-16)25(31)19-3-2-18-4-7-26-23(18)11-19/h2-4,6-7,9,11-12,15,26H,5,8,10,13-14H2,1H3,(H,28,30). The van der Waals surface area contributed by atoms with E-state index in [0.29, 0.717) is 31.6 Å². The molecule has 3 aromatic heterocycles. The van der Waals surface area contributed by atoms with Crippen molar-refractivity contribution in [1.82, 2.24) is 20.2 Å². The van der Waals surface area contributed by atoms with E-state index >= 15 is 0 Å². The number of benzene rings is 1. The van der Waals surface area contributed by atoms with E-state index in [4.69, 9.17) is 0 Å². The number of aromatic amines is 1. The highest BCUT2D eigenvalue weighted by atomic mass is 32.1. The predicted molar refractivity (Wildman–Crippen MR) is 126 cm³/mol. The van der Waals surface area contributed by atoms with Gasteiger partial charge in [-0.2, -0.15) is 11.3 Å². The summed E-state index contributed by atoms with van der Waals surface area (Å²) in [5, 5.41) is 8.11. The van der Waals surface area contributed by atoms with Gasteiger partial charge in [-0.25, -0.2) is 0 Å². The van der Waals surface area contributed by atoms with Gasteiger partial charge in [0.2, 0.25) is 5.91 Å². The Morgan fingerprint density at radius 1 is 1.25 bits per heavy atom. The van der Waals surface area contributed by atoms with Crippen LogP contribution in [0.1, 0.15) is 38.3 Å². The molecule has 2 N–H and O–H groups in total. The third-order valence-electron chi connectivity index (χ3n) is 6.09. The van der Waals surface area contributed by atoms with E-state index in [9.17, 15) is 9.59 Å². The number of aryl methyl sites for hydroxylation is 1. The number of fused-ring (bicyclic) bond motifs is 2. The van der Waals surface area contributed by atoms with Crippen molar-refractivity contribution in [3.8, 4) is 0 Å². The van der Waals surface area contributed by atoms with Crippen molar-refractivity contribution in [2.24, 2.45) is 0 Å². The zero-order valence-corrected chi connectivity index (χ0v) is 18.7. The van der Waals surface area contributed by atoms with Gasteiger partial charge in [-0.15, -0.1) is 0 Å². The van der Waals surface area contributed by atoms with E-state index in [1.54, 1.807) is 11.3 Å². The quantitative estimate of drug-likeness (QED) is 0.489. The van der Waals surface area contributed by atoms with Crippen molar-refractivity contribution in [3.63, 3.8) is 0 Å². The first kappa shape index (κ1) is 20.5. The Bertz CT molecular complexity index is 1290. The summed E-state index contributed by atoms with van der Waals surface area (Å²) in [7, 11) is 0. The van der Waals surface area contributed by atoms with Crippen LogP contribution in [0.15, 0.2) is 53.5 Å². The summed E-state index contributed by atoms with van der Waals surface area (Å²) in [6, 6.07) is 9.74. The normalized spacial score (nSPS) is 13.2. The number of hydrogen-bond acceptors (Lipinski definition) is 4. The number of nitrogens with zero attached hydrogens (tertiary/aromatic N) is 2. The molecule has 4 heterocycles. The maximum atomic E-state index is 13.1. The molecule has 0 unspecified atom stereocenters. The van der Waals surface area contributed by atoms with Crippen molar-refractivity contribution < 1.29 is 9.59 Å². The summed E-state index contributed by atoms with van der Waals surface area (Å²) in [5.74, 6) is 0.0334. The van der Waals surface area contributed by atoms with E-state index < -0.39 is 0 Å². The summed E-state index contributed by atoms with van der Waals surface area (Å²) in [6.45, 7) is 3.61. The van der Waals surface area contributed by atoms with Gasteiger partial charge in [-0.3, -0.25) is 14.6 Å². The smallest absolute Gasteiger partial charge is 0.254 e. The third kappa shape index (κ3) is 4.03. The van der Waals surface area contributed by atoms with Gasteiger partial charge in [-0.1, -0.05) is 6.07 Å². The summed E-state index contributed by atoms with van der Waals surface area (Å²) in [5.41, 5.74) is 6.94. The average Bonchev–Trinajstić information content (AvgIpc) is 3.49. The van der Waals surface area contributed by atoms with Gasteiger partial charge >= 0.3 is 0 Å². The van der Waals surface area contributed by atoms with Crippen LogP contribution in [0, 0.1) is 6.92 Å². The fourth-order valence-electron chi connectivity index (χ4n) is 4.32. The van der Waals surface area contributed by atoms with Gasteiger partial charge in [0.1, 0.15) is 0 Å². The second-order valence-electron chi connectivity index (χ2n) is 8.17. The Labute approximate surface area is 190 Å². The molecule has 0 saturated heterocycles. The Morgan fingerprint density at radius 2 is 2.16 bits per heavy atom. The van der Waals surface area contributed by atoms with Gasteiger partial charge < -0.3 is 15.2 Å². The molecular weight excluding hydrogens is 420 g/mol. The molecule has 7 heteroatoms. The first-order chi connectivity index (χ1) is 15.6. The lowest BCUT2D eigenvalue weighted by molar-refractivity contribution is -0.120. The van der Waals surface area contributed by atoms with Crippen LogP contribution in [-0.2, 0) is 30.7 Å². The number of rotatable bonds is 5. The molecule has 0 atom stereocenters. The number of pyridine rings is 1. The topological polar surface area (TPSA) is 78.1 Å². The lowest BCUT2D eigenvalue weighted by Crippen LogP contribution is -2.37. The van der Waals surface area contributed by atoms with Crippen LogP contribution in [0.3, 0.4) is 0 Å². The van der Waals surface area contributed by atoms with Crippen molar-refractivity contribution in [3.05, 3.63) is 87.0 Å². The number of carbonyl (C=O) groups excluding carboxylic acids is 2. The second-order valence-corrected chi connectivity index (χ2v) is 8.95. The molecule has 0 aliphatic carbocycles. The van der Waals surface area contributed by atoms with Crippen LogP contribution < -0.4 is 5.32 Å². The first-order valence-corrected chi connectivity index (χ1v) is 11.6. The number of hydrogen-bond donors (Lipinski definition) is 2. The van der Waals surface area contributed by atoms with Crippen LogP contribution in [0.25, 0.3) is 10.9 Å². The number of aromatic nitrogens is 2. The Balaban J connectivity index is 1.30. The predicted octanol–water partition coefficient (Wildman–Crippen LogP) is 3.99. The average molecular weight is 445 g/mol. The Morgan fingerprint density at radius 3 is 3.00 bits per heavy atom. The Kier molecular flexibility index (Phi) is 5.49. The van der Waals surface area contributed by atoms with Crippen molar-refractivity contribution in [2.75, 3.05) is 6.54 Å². The Hall–Kier alpha value is -3.45. The van der Waals surface area contributed by atoms with Crippen molar-refractivity contribution in [2.45, 2.75) is 32.9 Å². The van der Waals surface area contributed by atoms with Gasteiger partial charge in [0.15, 0.2) is 0 Å². The summed E-state index contributed by atoms with van der Waals surface area (Å²) >= 11 is 1.59.